The Morgan fingerprint density at radius 1 is 0.958 bits per heavy atom. The number of nitrogens with one attached hydrogen (secondary N) is 1. The van der Waals surface area contributed by atoms with E-state index in [1.165, 1.54) is 0 Å². The van der Waals surface area contributed by atoms with Crippen LogP contribution in [0, 0.1) is 5.41 Å². The molecule has 2 aromatic rings. The van der Waals surface area contributed by atoms with Gasteiger partial charge in [0.25, 0.3) is 0 Å². The molecule has 0 unspecified atom stereocenters. The van der Waals surface area contributed by atoms with Gasteiger partial charge in [0.2, 0.25) is 10.0 Å². The second-order valence-electron chi connectivity index (χ2n) is 8.04. The zero-order valence-electron chi connectivity index (χ0n) is 15.3. The lowest BCUT2D eigenvalue weighted by molar-refractivity contribution is 0.269. The minimum Gasteiger partial charge on any atom is -0.496 e. The molecule has 0 spiro atoms. The topological polar surface area (TPSA) is 55.4 Å². The van der Waals surface area contributed by atoms with Crippen LogP contribution < -0.4 is 9.46 Å². The zero-order chi connectivity index (χ0) is 18.2. The quantitative estimate of drug-likeness (QED) is 0.873. The van der Waals surface area contributed by atoms with Crippen LogP contribution >= 0.6 is 0 Å². The Labute approximate surface area is 145 Å². The standard InChI is InChI=1S/C19H27NO3S/c1-18(2,3)13-19(4,5)20-24(21,22)17-12-11-16(23-6)14-9-7-8-10-15(14)17/h7-12,20H,13H2,1-6H3. The first-order chi connectivity index (χ1) is 11.0. The molecule has 0 aromatic heterocycles. The Kier molecular flexibility index (Phi) is 4.98. The van der Waals surface area contributed by atoms with Crippen LogP contribution in [-0.2, 0) is 10.0 Å². The summed E-state index contributed by atoms with van der Waals surface area (Å²) in [4.78, 5) is 0.279. The summed E-state index contributed by atoms with van der Waals surface area (Å²) in [5, 5.41) is 1.45. The summed E-state index contributed by atoms with van der Waals surface area (Å²) in [6.45, 7) is 10.1. The molecule has 0 saturated heterocycles. The van der Waals surface area contributed by atoms with Gasteiger partial charge in [-0.15, -0.1) is 0 Å². The van der Waals surface area contributed by atoms with Crippen LogP contribution in [0.25, 0.3) is 10.8 Å². The molecule has 2 aromatic carbocycles. The SMILES string of the molecule is COc1ccc(S(=O)(=O)NC(C)(C)CC(C)(C)C)c2ccccc12. The lowest BCUT2D eigenvalue weighted by Gasteiger charge is -2.33. The Bertz CT molecular complexity index is 833. The third-order valence-corrected chi connectivity index (χ3v) is 5.49. The van der Waals surface area contributed by atoms with Crippen molar-refractivity contribution in [3.05, 3.63) is 36.4 Å². The van der Waals surface area contributed by atoms with Gasteiger partial charge >= 0.3 is 0 Å². The van der Waals surface area contributed by atoms with E-state index in [1.807, 2.05) is 38.1 Å². The fourth-order valence-corrected chi connectivity index (χ4v) is 5.06. The number of fused-ring (bicyclic) bond motifs is 1. The third-order valence-electron chi connectivity index (χ3n) is 3.74. The van der Waals surface area contributed by atoms with Crippen molar-refractivity contribution in [2.75, 3.05) is 7.11 Å². The summed E-state index contributed by atoms with van der Waals surface area (Å²) in [6.07, 6.45) is 0.729. The van der Waals surface area contributed by atoms with Crippen LogP contribution in [-0.4, -0.2) is 21.1 Å². The van der Waals surface area contributed by atoms with Crippen LogP contribution in [0.5, 0.6) is 5.75 Å². The predicted molar refractivity (Wildman–Crippen MR) is 99.0 cm³/mol. The molecule has 132 valence electrons. The molecule has 0 bridgehead atoms. The van der Waals surface area contributed by atoms with Gasteiger partial charge in [0.15, 0.2) is 0 Å². The van der Waals surface area contributed by atoms with Crippen LogP contribution in [0.4, 0.5) is 0 Å². The van der Waals surface area contributed by atoms with Gasteiger partial charge in [0.1, 0.15) is 5.75 Å². The van der Waals surface area contributed by atoms with Crippen molar-refractivity contribution in [1.29, 1.82) is 0 Å². The minimum atomic E-state index is -3.65. The summed E-state index contributed by atoms with van der Waals surface area (Å²) >= 11 is 0. The molecule has 0 radical (unpaired) electrons. The van der Waals surface area contributed by atoms with E-state index < -0.39 is 15.6 Å². The Hall–Kier alpha value is -1.59. The van der Waals surface area contributed by atoms with Gasteiger partial charge in [-0.25, -0.2) is 13.1 Å². The highest BCUT2D eigenvalue weighted by Gasteiger charge is 2.31. The van der Waals surface area contributed by atoms with Crippen LogP contribution in [0.3, 0.4) is 0 Å². The highest BCUT2D eigenvalue weighted by molar-refractivity contribution is 7.89. The summed E-state index contributed by atoms with van der Waals surface area (Å²) in [7, 11) is -2.06. The molecule has 0 saturated carbocycles. The maximum Gasteiger partial charge on any atom is 0.241 e. The minimum absolute atomic E-state index is 0.0218. The second-order valence-corrected chi connectivity index (χ2v) is 9.69. The van der Waals surface area contributed by atoms with E-state index in [4.69, 9.17) is 4.74 Å². The van der Waals surface area contributed by atoms with Crippen LogP contribution in [0.15, 0.2) is 41.3 Å². The largest absolute Gasteiger partial charge is 0.496 e. The first kappa shape index (κ1) is 18.7. The zero-order valence-corrected chi connectivity index (χ0v) is 16.1. The maximum atomic E-state index is 13.0. The van der Waals surface area contributed by atoms with E-state index >= 15 is 0 Å². The summed E-state index contributed by atoms with van der Waals surface area (Å²) < 4.78 is 34.2. The Balaban J connectivity index is 2.49. The first-order valence-corrected chi connectivity index (χ1v) is 9.53. The maximum absolute atomic E-state index is 13.0. The van der Waals surface area contributed by atoms with Crippen molar-refractivity contribution >= 4 is 20.8 Å². The van der Waals surface area contributed by atoms with Gasteiger partial charge in [-0.1, -0.05) is 45.0 Å². The smallest absolute Gasteiger partial charge is 0.241 e. The number of methoxy groups -OCH3 is 1. The van der Waals surface area contributed by atoms with Gasteiger partial charge in [-0.2, -0.15) is 0 Å². The van der Waals surface area contributed by atoms with Crippen molar-refractivity contribution in [3.8, 4) is 5.75 Å². The van der Waals surface area contributed by atoms with Crippen molar-refractivity contribution < 1.29 is 13.2 Å². The van der Waals surface area contributed by atoms with E-state index in [-0.39, 0.29) is 10.3 Å². The lowest BCUT2D eigenvalue weighted by Crippen LogP contribution is -2.45. The molecule has 0 amide bonds. The fourth-order valence-electron chi connectivity index (χ4n) is 3.44. The molecule has 0 fully saturated rings. The molecule has 2 rings (SSSR count). The average Bonchev–Trinajstić information content (AvgIpc) is 2.42. The number of hydrogen-bond acceptors (Lipinski definition) is 3. The van der Waals surface area contributed by atoms with Crippen molar-refractivity contribution in [2.45, 2.75) is 51.5 Å². The molecule has 0 aliphatic rings. The van der Waals surface area contributed by atoms with E-state index in [0.717, 1.165) is 11.8 Å². The van der Waals surface area contributed by atoms with Gasteiger partial charge < -0.3 is 4.74 Å². The molecular weight excluding hydrogens is 322 g/mol. The molecule has 0 aliphatic carbocycles. The first-order valence-electron chi connectivity index (χ1n) is 8.05. The van der Waals surface area contributed by atoms with Crippen molar-refractivity contribution in [2.24, 2.45) is 5.41 Å². The van der Waals surface area contributed by atoms with Gasteiger partial charge in [-0.05, 0) is 37.8 Å². The third kappa shape index (κ3) is 4.28. The molecule has 24 heavy (non-hydrogen) atoms. The van der Waals surface area contributed by atoms with Gasteiger partial charge in [0.05, 0.1) is 12.0 Å². The highest BCUT2D eigenvalue weighted by atomic mass is 32.2. The molecule has 5 heteroatoms. The summed E-state index contributed by atoms with van der Waals surface area (Å²) in [5.41, 5.74) is -0.522. The molecule has 0 heterocycles. The van der Waals surface area contributed by atoms with Gasteiger partial charge in [-0.3, -0.25) is 0 Å². The van der Waals surface area contributed by atoms with Crippen molar-refractivity contribution in [3.63, 3.8) is 0 Å². The average molecular weight is 349 g/mol. The van der Waals surface area contributed by atoms with E-state index in [9.17, 15) is 8.42 Å². The molecular formula is C19H27NO3S. The second kappa shape index (κ2) is 6.37. The number of benzene rings is 2. The lowest BCUT2D eigenvalue weighted by atomic mass is 9.82. The highest BCUT2D eigenvalue weighted by Crippen LogP contribution is 2.33. The fraction of sp³-hybridized carbons (Fsp3) is 0.474. The summed E-state index contributed by atoms with van der Waals surface area (Å²) in [6, 6.07) is 10.7. The molecule has 0 aliphatic heterocycles. The summed E-state index contributed by atoms with van der Waals surface area (Å²) in [5.74, 6) is 0.665. The molecule has 0 atom stereocenters. The number of sulfonamides is 1. The van der Waals surface area contributed by atoms with Crippen molar-refractivity contribution in [1.82, 2.24) is 4.72 Å². The molecule has 4 nitrogen and oxygen atoms in total. The number of rotatable bonds is 5. The van der Waals surface area contributed by atoms with Gasteiger partial charge in [0, 0.05) is 16.3 Å². The monoisotopic (exact) mass is 349 g/mol. The molecule has 1 N–H and O–H groups in total. The van der Waals surface area contributed by atoms with E-state index in [0.29, 0.717) is 11.1 Å². The Morgan fingerprint density at radius 3 is 2.08 bits per heavy atom. The number of ether oxygens (including phenoxy) is 1. The number of hydrogen-bond donors (Lipinski definition) is 1. The van der Waals surface area contributed by atoms with Crippen LogP contribution in [0.2, 0.25) is 0 Å². The Morgan fingerprint density at radius 2 is 1.54 bits per heavy atom. The van der Waals surface area contributed by atoms with Crippen LogP contribution in [0.1, 0.15) is 41.0 Å². The van der Waals surface area contributed by atoms with E-state index in [2.05, 4.69) is 25.5 Å². The van der Waals surface area contributed by atoms with E-state index in [1.54, 1.807) is 19.2 Å². The normalized spacial score (nSPS) is 13.2. The predicted octanol–water partition coefficient (Wildman–Crippen LogP) is 4.34.